The molecule has 1 aromatic heterocycles. The molecule has 0 aliphatic heterocycles. The van der Waals surface area contributed by atoms with Crippen molar-refractivity contribution < 1.29 is 0 Å². The molecule has 0 aromatic carbocycles. The van der Waals surface area contributed by atoms with Crippen LogP contribution in [0.5, 0.6) is 0 Å². The Morgan fingerprint density at radius 1 is 1.33 bits per heavy atom. The number of thioether (sulfide) groups is 1. The quantitative estimate of drug-likeness (QED) is 0.832. The van der Waals surface area contributed by atoms with E-state index in [1.807, 2.05) is 18.8 Å². The zero-order chi connectivity index (χ0) is 16.0. The molecule has 0 radical (unpaired) electrons. The van der Waals surface area contributed by atoms with Gasteiger partial charge in [0.2, 0.25) is 0 Å². The maximum absolute atomic E-state index is 4.91. The van der Waals surface area contributed by atoms with E-state index < -0.39 is 0 Å². The molecule has 1 aromatic rings. The van der Waals surface area contributed by atoms with E-state index in [0.717, 1.165) is 18.1 Å². The summed E-state index contributed by atoms with van der Waals surface area (Å²) in [4.78, 5) is 7.22. The van der Waals surface area contributed by atoms with Crippen LogP contribution in [0.2, 0.25) is 0 Å². The van der Waals surface area contributed by atoms with Crippen LogP contribution < -0.4 is 10.2 Å². The highest BCUT2D eigenvalue weighted by Crippen LogP contribution is 2.25. The minimum Gasteiger partial charge on any atom is -0.357 e. The average molecular weight is 310 g/mol. The summed E-state index contributed by atoms with van der Waals surface area (Å²) in [5, 5.41) is 3.24. The van der Waals surface area contributed by atoms with Crippen LogP contribution in [0.25, 0.3) is 0 Å². The van der Waals surface area contributed by atoms with E-state index in [0.29, 0.717) is 6.04 Å². The molecular formula is C17H31N3S. The van der Waals surface area contributed by atoms with Crippen molar-refractivity contribution in [2.24, 2.45) is 0 Å². The second kappa shape index (κ2) is 8.04. The highest BCUT2D eigenvalue weighted by molar-refractivity contribution is 7.98. The summed E-state index contributed by atoms with van der Waals surface area (Å²) < 4.78 is 0. The molecule has 0 aliphatic carbocycles. The number of hydrogen-bond donors (Lipinski definition) is 1. The summed E-state index contributed by atoms with van der Waals surface area (Å²) in [6, 6.07) is 4.93. The maximum Gasteiger partial charge on any atom is 0.129 e. The summed E-state index contributed by atoms with van der Waals surface area (Å²) >= 11 is 1.90. The number of nitrogens with one attached hydrogen (secondary N) is 1. The predicted octanol–water partition coefficient (Wildman–Crippen LogP) is 3.68. The van der Waals surface area contributed by atoms with E-state index in [9.17, 15) is 0 Å². The molecule has 0 amide bonds. The normalized spacial score (nSPS) is 13.3. The third-order valence-electron chi connectivity index (χ3n) is 3.78. The van der Waals surface area contributed by atoms with Crippen molar-refractivity contribution in [1.29, 1.82) is 0 Å². The number of rotatable bonds is 7. The Kier molecular flexibility index (Phi) is 7.01. The van der Waals surface area contributed by atoms with E-state index in [1.165, 1.54) is 17.7 Å². The third-order valence-corrected chi connectivity index (χ3v) is 4.43. The van der Waals surface area contributed by atoms with Gasteiger partial charge in [0.1, 0.15) is 5.82 Å². The van der Waals surface area contributed by atoms with Crippen molar-refractivity contribution in [3.8, 4) is 0 Å². The Balaban J connectivity index is 3.07. The van der Waals surface area contributed by atoms with Crippen LogP contribution in [0.1, 0.15) is 45.4 Å². The summed E-state index contributed by atoms with van der Waals surface area (Å²) in [5.41, 5.74) is 2.53. The molecule has 0 bridgehead atoms. The lowest BCUT2D eigenvalue weighted by Gasteiger charge is -2.28. The van der Waals surface area contributed by atoms with Crippen LogP contribution in [-0.4, -0.2) is 37.1 Å². The molecule has 21 heavy (non-hydrogen) atoms. The predicted molar refractivity (Wildman–Crippen MR) is 96.6 cm³/mol. The van der Waals surface area contributed by atoms with Gasteiger partial charge in [-0.1, -0.05) is 20.8 Å². The SMILES string of the molecule is CNCc1cc(N(C)C(C)CCSC)nc(C(C)(C)C)c1. The van der Waals surface area contributed by atoms with Crippen molar-refractivity contribution >= 4 is 17.6 Å². The number of nitrogens with zero attached hydrogens (tertiary/aromatic N) is 2. The van der Waals surface area contributed by atoms with Gasteiger partial charge in [-0.15, -0.1) is 0 Å². The van der Waals surface area contributed by atoms with Crippen LogP contribution >= 0.6 is 11.8 Å². The first-order valence-electron chi connectivity index (χ1n) is 7.67. The van der Waals surface area contributed by atoms with Crippen LogP contribution in [0.15, 0.2) is 12.1 Å². The lowest BCUT2D eigenvalue weighted by Crippen LogP contribution is -2.31. The van der Waals surface area contributed by atoms with Crippen molar-refractivity contribution in [1.82, 2.24) is 10.3 Å². The summed E-state index contributed by atoms with van der Waals surface area (Å²) in [7, 11) is 4.14. The van der Waals surface area contributed by atoms with Crippen molar-refractivity contribution in [2.75, 3.05) is 31.0 Å². The van der Waals surface area contributed by atoms with Gasteiger partial charge in [0.15, 0.2) is 0 Å². The zero-order valence-electron chi connectivity index (χ0n) is 14.7. The summed E-state index contributed by atoms with van der Waals surface area (Å²) in [5.74, 6) is 2.27. The van der Waals surface area contributed by atoms with Gasteiger partial charge in [-0.2, -0.15) is 11.8 Å². The zero-order valence-corrected chi connectivity index (χ0v) is 15.5. The van der Waals surface area contributed by atoms with Gasteiger partial charge in [-0.05, 0) is 50.1 Å². The van der Waals surface area contributed by atoms with Gasteiger partial charge in [-0.25, -0.2) is 4.98 Å². The average Bonchev–Trinajstić information content (AvgIpc) is 2.43. The molecule has 0 aliphatic rings. The van der Waals surface area contributed by atoms with Gasteiger partial charge in [0.05, 0.1) is 0 Å². The first-order chi connectivity index (χ1) is 9.79. The van der Waals surface area contributed by atoms with E-state index in [2.05, 4.69) is 63.3 Å². The number of hydrogen-bond acceptors (Lipinski definition) is 4. The molecular weight excluding hydrogens is 278 g/mol. The first kappa shape index (κ1) is 18.3. The molecule has 120 valence electrons. The Morgan fingerprint density at radius 3 is 2.52 bits per heavy atom. The standard InChI is InChI=1S/C17H31N3S/c1-13(8-9-21-7)20(6)16-11-14(12-18-5)10-15(19-16)17(2,3)4/h10-11,13,18H,8-9,12H2,1-7H3. The monoisotopic (exact) mass is 309 g/mol. The molecule has 0 spiro atoms. The molecule has 4 heteroatoms. The molecule has 3 nitrogen and oxygen atoms in total. The smallest absolute Gasteiger partial charge is 0.129 e. The van der Waals surface area contributed by atoms with Crippen LogP contribution in [0.4, 0.5) is 5.82 Å². The number of pyridine rings is 1. The Labute approximate surface area is 134 Å². The van der Waals surface area contributed by atoms with Gasteiger partial charge in [0, 0.05) is 30.7 Å². The van der Waals surface area contributed by atoms with Crippen molar-refractivity contribution in [3.63, 3.8) is 0 Å². The second-order valence-corrected chi connectivity index (χ2v) is 7.73. The van der Waals surface area contributed by atoms with Crippen molar-refractivity contribution in [2.45, 2.75) is 52.1 Å². The fourth-order valence-electron chi connectivity index (χ4n) is 2.15. The molecule has 0 saturated carbocycles. The van der Waals surface area contributed by atoms with Crippen LogP contribution in [0.3, 0.4) is 0 Å². The second-order valence-electron chi connectivity index (χ2n) is 6.74. The largest absolute Gasteiger partial charge is 0.357 e. The Hall–Kier alpha value is -0.740. The highest BCUT2D eigenvalue weighted by atomic mass is 32.2. The van der Waals surface area contributed by atoms with Crippen LogP contribution in [0, 0.1) is 0 Å². The highest BCUT2D eigenvalue weighted by Gasteiger charge is 2.19. The molecule has 0 saturated heterocycles. The molecule has 1 unspecified atom stereocenters. The fraction of sp³-hybridized carbons (Fsp3) is 0.706. The third kappa shape index (κ3) is 5.51. The number of aromatic nitrogens is 1. The minimum absolute atomic E-state index is 0.0713. The fourth-order valence-corrected chi connectivity index (χ4v) is 2.73. The van der Waals surface area contributed by atoms with E-state index in [1.54, 1.807) is 0 Å². The van der Waals surface area contributed by atoms with Gasteiger partial charge < -0.3 is 10.2 Å². The molecule has 1 atom stereocenters. The first-order valence-corrected chi connectivity index (χ1v) is 9.06. The summed E-state index contributed by atoms with van der Waals surface area (Å²) in [6.45, 7) is 9.82. The van der Waals surface area contributed by atoms with E-state index >= 15 is 0 Å². The molecule has 1 N–H and O–H groups in total. The Morgan fingerprint density at radius 2 is 2.00 bits per heavy atom. The summed E-state index contributed by atoms with van der Waals surface area (Å²) in [6.07, 6.45) is 3.34. The lowest BCUT2D eigenvalue weighted by molar-refractivity contribution is 0.563. The molecule has 0 fully saturated rings. The van der Waals surface area contributed by atoms with Crippen molar-refractivity contribution in [3.05, 3.63) is 23.4 Å². The minimum atomic E-state index is 0.0713. The van der Waals surface area contributed by atoms with E-state index in [4.69, 9.17) is 4.98 Å². The van der Waals surface area contributed by atoms with Crippen LogP contribution in [-0.2, 0) is 12.0 Å². The lowest BCUT2D eigenvalue weighted by atomic mass is 9.90. The molecule has 1 heterocycles. The maximum atomic E-state index is 4.91. The van der Waals surface area contributed by atoms with E-state index in [-0.39, 0.29) is 5.41 Å². The van der Waals surface area contributed by atoms with Gasteiger partial charge in [0.25, 0.3) is 0 Å². The molecule has 1 rings (SSSR count). The number of anilines is 1. The topological polar surface area (TPSA) is 28.2 Å². The van der Waals surface area contributed by atoms with Gasteiger partial charge in [-0.3, -0.25) is 0 Å². The Bertz CT molecular complexity index is 440. The van der Waals surface area contributed by atoms with Gasteiger partial charge >= 0.3 is 0 Å².